The molecule has 1 unspecified atom stereocenters. The molecule has 1 aromatic carbocycles. The van der Waals surface area contributed by atoms with E-state index in [1.165, 1.54) is 5.56 Å². The van der Waals surface area contributed by atoms with Crippen LogP contribution in [-0.4, -0.2) is 31.5 Å². The van der Waals surface area contributed by atoms with Gasteiger partial charge in [-0.05, 0) is 30.7 Å². The maximum Gasteiger partial charge on any atom is 0.129 e. The summed E-state index contributed by atoms with van der Waals surface area (Å²) in [4.78, 5) is 20.6. The molecule has 0 bridgehead atoms. The predicted molar refractivity (Wildman–Crippen MR) is 103 cm³/mol. The van der Waals surface area contributed by atoms with Gasteiger partial charge in [-0.25, -0.2) is 15.0 Å². The first-order chi connectivity index (χ1) is 12.7. The Labute approximate surface area is 151 Å². The van der Waals surface area contributed by atoms with Gasteiger partial charge in [-0.2, -0.15) is 0 Å². The van der Waals surface area contributed by atoms with Crippen molar-refractivity contribution in [2.75, 3.05) is 11.9 Å². The second-order valence-electron chi connectivity index (χ2n) is 6.40. The Balaban J connectivity index is 1.50. The number of para-hydroxylation sites is 1. The highest BCUT2D eigenvalue weighted by atomic mass is 15.0. The van der Waals surface area contributed by atoms with E-state index in [1.54, 1.807) is 12.7 Å². The smallest absolute Gasteiger partial charge is 0.129 e. The number of benzene rings is 1. The molecule has 0 radical (unpaired) electrons. The van der Waals surface area contributed by atoms with Crippen molar-refractivity contribution < 1.29 is 0 Å². The molecule has 2 N–H and O–H groups in total. The van der Waals surface area contributed by atoms with Gasteiger partial charge in [-0.1, -0.05) is 19.1 Å². The number of aryl methyl sites for hydroxylation is 1. The van der Waals surface area contributed by atoms with Crippen LogP contribution in [0.1, 0.15) is 24.1 Å². The van der Waals surface area contributed by atoms with Crippen molar-refractivity contribution >= 4 is 16.9 Å². The minimum atomic E-state index is 0.293. The van der Waals surface area contributed by atoms with Gasteiger partial charge in [0.05, 0.1) is 23.1 Å². The van der Waals surface area contributed by atoms with Crippen molar-refractivity contribution in [3.05, 3.63) is 66.5 Å². The van der Waals surface area contributed by atoms with E-state index in [1.807, 2.05) is 37.4 Å². The number of aromatic nitrogens is 5. The van der Waals surface area contributed by atoms with Crippen LogP contribution < -0.4 is 5.32 Å². The lowest BCUT2D eigenvalue weighted by atomic mass is 9.99. The highest BCUT2D eigenvalue weighted by Gasteiger charge is 2.11. The summed E-state index contributed by atoms with van der Waals surface area (Å²) in [6.07, 6.45) is 5.15. The fourth-order valence-electron chi connectivity index (χ4n) is 2.98. The Morgan fingerprint density at radius 1 is 1.08 bits per heavy atom. The quantitative estimate of drug-likeness (QED) is 0.573. The molecule has 0 aliphatic heterocycles. The SMILES string of the molecule is Cc1ccc(-c2cc(NCC(C)c3cccc4[nH]cnc34)ncn2)cn1. The normalized spacial score (nSPS) is 12.2. The molecule has 130 valence electrons. The Morgan fingerprint density at radius 2 is 2.00 bits per heavy atom. The highest BCUT2D eigenvalue weighted by molar-refractivity contribution is 5.78. The number of imidazole rings is 1. The average molecular weight is 344 g/mol. The lowest BCUT2D eigenvalue weighted by molar-refractivity contribution is 0.806. The summed E-state index contributed by atoms with van der Waals surface area (Å²) >= 11 is 0. The average Bonchev–Trinajstić information content (AvgIpc) is 3.16. The summed E-state index contributed by atoms with van der Waals surface area (Å²) in [6.45, 7) is 4.91. The second kappa shape index (κ2) is 6.92. The zero-order chi connectivity index (χ0) is 17.9. The van der Waals surface area contributed by atoms with Crippen molar-refractivity contribution in [3.8, 4) is 11.3 Å². The van der Waals surface area contributed by atoms with E-state index < -0.39 is 0 Å². The van der Waals surface area contributed by atoms with Crippen molar-refractivity contribution in [3.63, 3.8) is 0 Å². The number of pyridine rings is 1. The molecule has 0 spiro atoms. The van der Waals surface area contributed by atoms with Gasteiger partial charge in [0.15, 0.2) is 0 Å². The van der Waals surface area contributed by atoms with Crippen molar-refractivity contribution in [2.24, 2.45) is 0 Å². The van der Waals surface area contributed by atoms with Crippen LogP contribution in [0.2, 0.25) is 0 Å². The van der Waals surface area contributed by atoms with Gasteiger partial charge in [0.25, 0.3) is 0 Å². The fourth-order valence-corrected chi connectivity index (χ4v) is 2.98. The first kappa shape index (κ1) is 16.2. The standard InChI is InChI=1S/C20H20N6/c1-13(16-4-3-5-17-20(16)26-12-23-17)9-22-19-8-18(24-11-25-19)15-7-6-14(2)21-10-15/h3-8,10-13H,9H2,1-2H3,(H,23,26)(H,22,24,25). The lowest BCUT2D eigenvalue weighted by Crippen LogP contribution is -2.11. The zero-order valence-corrected chi connectivity index (χ0v) is 14.8. The summed E-state index contributed by atoms with van der Waals surface area (Å²) in [5.74, 6) is 1.10. The minimum Gasteiger partial charge on any atom is -0.369 e. The maximum atomic E-state index is 4.44. The van der Waals surface area contributed by atoms with E-state index >= 15 is 0 Å². The van der Waals surface area contributed by atoms with Gasteiger partial charge in [0.2, 0.25) is 0 Å². The number of anilines is 1. The molecule has 0 aliphatic carbocycles. The molecule has 3 aromatic heterocycles. The van der Waals surface area contributed by atoms with E-state index in [0.29, 0.717) is 5.92 Å². The molecule has 3 heterocycles. The maximum absolute atomic E-state index is 4.44. The molecule has 26 heavy (non-hydrogen) atoms. The molecule has 1 atom stereocenters. The topological polar surface area (TPSA) is 79.4 Å². The van der Waals surface area contributed by atoms with Gasteiger partial charge in [-0.15, -0.1) is 0 Å². The largest absolute Gasteiger partial charge is 0.369 e. The van der Waals surface area contributed by atoms with Crippen LogP contribution in [0.15, 0.2) is 55.2 Å². The Kier molecular flexibility index (Phi) is 4.31. The Morgan fingerprint density at radius 3 is 2.85 bits per heavy atom. The zero-order valence-electron chi connectivity index (χ0n) is 14.8. The predicted octanol–water partition coefficient (Wildman–Crippen LogP) is 3.94. The Bertz CT molecular complexity index is 1020. The van der Waals surface area contributed by atoms with Gasteiger partial charge in [0, 0.05) is 36.0 Å². The molecular formula is C20H20N6. The number of hydrogen-bond acceptors (Lipinski definition) is 5. The second-order valence-corrected chi connectivity index (χ2v) is 6.40. The number of nitrogens with one attached hydrogen (secondary N) is 2. The van der Waals surface area contributed by atoms with Crippen LogP contribution in [-0.2, 0) is 0 Å². The van der Waals surface area contributed by atoms with Crippen LogP contribution in [0.25, 0.3) is 22.3 Å². The summed E-state index contributed by atoms with van der Waals surface area (Å²) in [5, 5.41) is 3.41. The first-order valence-corrected chi connectivity index (χ1v) is 8.61. The third-order valence-electron chi connectivity index (χ3n) is 4.48. The molecule has 4 aromatic rings. The molecule has 0 aliphatic rings. The summed E-state index contributed by atoms with van der Waals surface area (Å²) < 4.78 is 0. The fraction of sp³-hybridized carbons (Fsp3) is 0.200. The molecular weight excluding hydrogens is 324 g/mol. The molecule has 6 heteroatoms. The van der Waals surface area contributed by atoms with Gasteiger partial charge < -0.3 is 10.3 Å². The summed E-state index contributed by atoms with van der Waals surface area (Å²) in [7, 11) is 0. The molecule has 0 saturated carbocycles. The third-order valence-corrected chi connectivity index (χ3v) is 4.48. The molecule has 6 nitrogen and oxygen atoms in total. The van der Waals surface area contributed by atoms with E-state index in [0.717, 1.165) is 40.3 Å². The van der Waals surface area contributed by atoms with E-state index in [4.69, 9.17) is 0 Å². The number of aromatic amines is 1. The number of H-pyrrole nitrogens is 1. The lowest BCUT2D eigenvalue weighted by Gasteiger charge is -2.14. The number of fused-ring (bicyclic) bond motifs is 1. The van der Waals surface area contributed by atoms with Crippen LogP contribution in [0.3, 0.4) is 0 Å². The van der Waals surface area contributed by atoms with Gasteiger partial charge in [0.1, 0.15) is 12.1 Å². The van der Waals surface area contributed by atoms with Crippen molar-refractivity contribution in [2.45, 2.75) is 19.8 Å². The van der Waals surface area contributed by atoms with Crippen LogP contribution in [0, 0.1) is 6.92 Å². The van der Waals surface area contributed by atoms with E-state index in [-0.39, 0.29) is 0 Å². The molecule has 0 fully saturated rings. The third kappa shape index (κ3) is 3.26. The molecule has 0 amide bonds. The number of hydrogen-bond donors (Lipinski definition) is 2. The van der Waals surface area contributed by atoms with E-state index in [9.17, 15) is 0 Å². The summed E-state index contributed by atoms with van der Waals surface area (Å²) in [6, 6.07) is 12.2. The number of nitrogens with zero attached hydrogens (tertiary/aromatic N) is 4. The number of rotatable bonds is 5. The van der Waals surface area contributed by atoms with E-state index in [2.05, 4.69) is 49.3 Å². The van der Waals surface area contributed by atoms with Crippen LogP contribution in [0.5, 0.6) is 0 Å². The first-order valence-electron chi connectivity index (χ1n) is 8.61. The minimum absolute atomic E-state index is 0.293. The molecule has 4 rings (SSSR count). The molecule has 0 saturated heterocycles. The van der Waals surface area contributed by atoms with Crippen molar-refractivity contribution in [1.82, 2.24) is 24.9 Å². The van der Waals surface area contributed by atoms with Crippen molar-refractivity contribution in [1.29, 1.82) is 0 Å². The van der Waals surface area contributed by atoms with Crippen LogP contribution in [0.4, 0.5) is 5.82 Å². The van der Waals surface area contributed by atoms with Crippen LogP contribution >= 0.6 is 0 Å². The summed E-state index contributed by atoms with van der Waals surface area (Å²) in [5.41, 5.74) is 6.13. The Hall–Kier alpha value is -3.28. The highest BCUT2D eigenvalue weighted by Crippen LogP contribution is 2.24. The monoisotopic (exact) mass is 344 g/mol. The van der Waals surface area contributed by atoms with Gasteiger partial charge >= 0.3 is 0 Å². The van der Waals surface area contributed by atoms with Gasteiger partial charge in [-0.3, -0.25) is 4.98 Å².